The van der Waals surface area contributed by atoms with Crippen molar-refractivity contribution in [3.63, 3.8) is 0 Å². The number of nitrogens with zero attached hydrogens (tertiary/aromatic N) is 4. The third kappa shape index (κ3) is 6.81. The zero-order valence-electron chi connectivity index (χ0n) is 20.5. The molecule has 0 unspecified atom stereocenters. The lowest BCUT2D eigenvalue weighted by atomic mass is 9.86. The molecule has 2 aromatic heterocycles. The predicted molar refractivity (Wildman–Crippen MR) is 130 cm³/mol. The largest absolute Gasteiger partial charge is 0.481 e. The van der Waals surface area contributed by atoms with Crippen molar-refractivity contribution in [2.75, 3.05) is 13.1 Å². The Morgan fingerprint density at radius 2 is 1.62 bits per heavy atom. The maximum absolute atomic E-state index is 14.3. The number of halogens is 5. The van der Waals surface area contributed by atoms with Crippen LogP contribution in [0.4, 0.5) is 13.2 Å². The zero-order valence-corrected chi connectivity index (χ0v) is 22.0. The van der Waals surface area contributed by atoms with Crippen LogP contribution in [0.3, 0.4) is 0 Å². The number of carbonyl (C=O) groups excluding carboxylic acids is 2. The van der Waals surface area contributed by atoms with Crippen LogP contribution in [0.1, 0.15) is 78.9 Å². The number of carbonyl (C=O) groups is 3. The first kappa shape index (κ1) is 28.9. The number of hydrogen-bond acceptors (Lipinski definition) is 5. The van der Waals surface area contributed by atoms with Crippen LogP contribution < -0.4 is 0 Å². The lowest BCUT2D eigenvalue weighted by molar-refractivity contribution is -0.147. The van der Waals surface area contributed by atoms with E-state index in [1.165, 1.54) is 12.4 Å². The van der Waals surface area contributed by atoms with Gasteiger partial charge in [-0.25, -0.2) is 0 Å². The average Bonchev–Trinajstić information content (AvgIpc) is 3.23. The Labute approximate surface area is 221 Å². The van der Waals surface area contributed by atoms with E-state index >= 15 is 0 Å². The number of amides is 1. The van der Waals surface area contributed by atoms with Gasteiger partial charge in [0.1, 0.15) is 0 Å². The molecule has 0 saturated heterocycles. The molecule has 0 aromatic carbocycles. The maximum Gasteiger partial charge on any atom is 0.433 e. The van der Waals surface area contributed by atoms with Crippen LogP contribution >= 0.6 is 23.2 Å². The third-order valence-electron chi connectivity index (χ3n) is 6.11. The molecule has 3 rings (SSSR count). The first-order valence-corrected chi connectivity index (χ1v) is 12.3. The topological polar surface area (TPSA) is 105 Å². The molecule has 13 heteroatoms. The molecule has 1 aliphatic rings. The van der Waals surface area contributed by atoms with Gasteiger partial charge in [-0.05, 0) is 31.1 Å². The number of aliphatic carboxylic acids is 1. The van der Waals surface area contributed by atoms with Crippen molar-refractivity contribution in [2.24, 2.45) is 11.3 Å². The second-order valence-electron chi connectivity index (χ2n) is 10.3. The third-order valence-corrected chi connectivity index (χ3v) is 6.68. The fourth-order valence-electron chi connectivity index (χ4n) is 4.52. The van der Waals surface area contributed by atoms with E-state index in [9.17, 15) is 32.7 Å². The van der Waals surface area contributed by atoms with E-state index in [2.05, 4.69) is 10.1 Å². The minimum absolute atomic E-state index is 0.0376. The minimum atomic E-state index is -4.92. The van der Waals surface area contributed by atoms with Gasteiger partial charge in [-0.2, -0.15) is 18.3 Å². The summed E-state index contributed by atoms with van der Waals surface area (Å²) >= 11 is 12.1. The summed E-state index contributed by atoms with van der Waals surface area (Å²) in [5, 5.41) is 13.0. The van der Waals surface area contributed by atoms with Crippen LogP contribution in [0.5, 0.6) is 0 Å². The Morgan fingerprint density at radius 3 is 2.11 bits per heavy atom. The lowest BCUT2D eigenvalue weighted by Crippen LogP contribution is -2.42. The van der Waals surface area contributed by atoms with Gasteiger partial charge < -0.3 is 10.0 Å². The first-order chi connectivity index (χ1) is 17.1. The summed E-state index contributed by atoms with van der Waals surface area (Å²) in [6.07, 6.45) is -0.863. The number of hydrogen-bond donors (Lipinski definition) is 1. The van der Waals surface area contributed by atoms with Crippen molar-refractivity contribution in [3.05, 3.63) is 45.5 Å². The summed E-state index contributed by atoms with van der Waals surface area (Å²) in [4.78, 5) is 42.6. The number of alkyl halides is 3. The highest BCUT2D eigenvalue weighted by Crippen LogP contribution is 2.39. The molecule has 0 aliphatic heterocycles. The predicted octanol–water partition coefficient (Wildman–Crippen LogP) is 5.79. The molecule has 0 atom stereocenters. The van der Waals surface area contributed by atoms with Gasteiger partial charge in [-0.3, -0.25) is 24.0 Å². The quantitative estimate of drug-likeness (QED) is 0.428. The number of carboxylic acid groups (broad SMARTS) is 1. The van der Waals surface area contributed by atoms with Crippen LogP contribution in [0.15, 0.2) is 18.6 Å². The molecule has 1 saturated carbocycles. The summed E-state index contributed by atoms with van der Waals surface area (Å²) in [6, 6.07) is -0.707. The van der Waals surface area contributed by atoms with Crippen LogP contribution in [0.2, 0.25) is 10.0 Å². The Balaban J connectivity index is 1.97. The standard InChI is InChI=1S/C24H27Cl2F3N4O4/c1-23(2,3)12-32(11-18(34)19-16(25)9-30-10-17(19)26)21(35)15-8-31-33(20(15)24(27,28)29)14-6-4-13(5-7-14)22(36)37/h8-10,13-14H,4-7,11-12H2,1-3H3,(H,36,37). The van der Waals surface area contributed by atoms with Gasteiger partial charge in [0.05, 0.1) is 45.9 Å². The number of pyridine rings is 1. The number of ketones is 1. The van der Waals surface area contributed by atoms with Gasteiger partial charge >= 0.3 is 12.1 Å². The molecule has 2 aromatic rings. The van der Waals surface area contributed by atoms with Gasteiger partial charge in [0.2, 0.25) is 0 Å². The average molecular weight is 563 g/mol. The minimum Gasteiger partial charge on any atom is -0.481 e. The lowest BCUT2D eigenvalue weighted by Gasteiger charge is -2.30. The fourth-order valence-corrected chi connectivity index (χ4v) is 5.09. The molecule has 1 fully saturated rings. The Morgan fingerprint density at radius 1 is 1.05 bits per heavy atom. The molecule has 1 amide bonds. The highest BCUT2D eigenvalue weighted by atomic mass is 35.5. The van der Waals surface area contributed by atoms with E-state index in [0.717, 1.165) is 15.8 Å². The molecule has 202 valence electrons. The van der Waals surface area contributed by atoms with Crippen molar-refractivity contribution in [1.29, 1.82) is 0 Å². The first-order valence-electron chi connectivity index (χ1n) is 11.6. The van der Waals surface area contributed by atoms with Crippen LogP contribution in [-0.2, 0) is 11.0 Å². The van der Waals surface area contributed by atoms with Crippen molar-refractivity contribution < 1.29 is 32.7 Å². The van der Waals surface area contributed by atoms with E-state index in [1.54, 1.807) is 20.8 Å². The zero-order chi connectivity index (χ0) is 27.7. The molecule has 2 heterocycles. The second-order valence-corrected chi connectivity index (χ2v) is 11.1. The van der Waals surface area contributed by atoms with E-state index in [1.807, 2.05) is 0 Å². The number of Topliss-reactive ketones (excluding diaryl/α,β-unsaturated/α-hetero) is 1. The molecule has 0 spiro atoms. The molecule has 37 heavy (non-hydrogen) atoms. The molecule has 0 bridgehead atoms. The molecule has 8 nitrogen and oxygen atoms in total. The molecule has 1 aliphatic carbocycles. The van der Waals surface area contributed by atoms with E-state index in [4.69, 9.17) is 23.2 Å². The van der Waals surface area contributed by atoms with Gasteiger partial charge in [-0.1, -0.05) is 44.0 Å². The van der Waals surface area contributed by atoms with Crippen molar-refractivity contribution >= 4 is 40.9 Å². The normalized spacial score (nSPS) is 18.5. The highest BCUT2D eigenvalue weighted by molar-refractivity contribution is 6.39. The number of rotatable bonds is 7. The highest BCUT2D eigenvalue weighted by Gasteiger charge is 2.43. The Kier molecular flexibility index (Phi) is 8.58. The van der Waals surface area contributed by atoms with Gasteiger partial charge in [0.15, 0.2) is 11.5 Å². The smallest absolute Gasteiger partial charge is 0.433 e. The van der Waals surface area contributed by atoms with Crippen molar-refractivity contribution in [3.8, 4) is 0 Å². The van der Waals surface area contributed by atoms with Crippen LogP contribution in [-0.4, -0.2) is 55.5 Å². The number of aromatic nitrogens is 3. The van der Waals surface area contributed by atoms with E-state index in [-0.39, 0.29) is 47.8 Å². The molecular weight excluding hydrogens is 536 g/mol. The summed E-state index contributed by atoms with van der Waals surface area (Å²) in [6.45, 7) is 4.73. The molecule has 1 N–H and O–H groups in total. The summed E-state index contributed by atoms with van der Waals surface area (Å²) < 4.78 is 43.6. The monoisotopic (exact) mass is 562 g/mol. The van der Waals surface area contributed by atoms with Gasteiger partial charge in [0, 0.05) is 18.9 Å². The van der Waals surface area contributed by atoms with Gasteiger partial charge in [-0.15, -0.1) is 0 Å². The summed E-state index contributed by atoms with van der Waals surface area (Å²) in [5.41, 5.74) is -2.54. The molecule has 0 radical (unpaired) electrons. The summed E-state index contributed by atoms with van der Waals surface area (Å²) in [5.74, 6) is -3.27. The Bertz CT molecular complexity index is 1170. The van der Waals surface area contributed by atoms with Gasteiger partial charge in [0.25, 0.3) is 5.91 Å². The Hall–Kier alpha value is -2.66. The SMILES string of the molecule is CC(C)(C)CN(CC(=O)c1c(Cl)cncc1Cl)C(=O)c1cnn(C2CCC(C(=O)O)CC2)c1C(F)(F)F. The number of carboxylic acids is 1. The van der Waals surface area contributed by atoms with Crippen LogP contribution in [0, 0.1) is 11.3 Å². The fraction of sp³-hybridized carbons (Fsp3) is 0.542. The molecular formula is C24H27Cl2F3N4O4. The van der Waals surface area contributed by atoms with Crippen molar-refractivity contribution in [2.45, 2.75) is 58.7 Å². The maximum atomic E-state index is 14.3. The summed E-state index contributed by atoms with van der Waals surface area (Å²) in [7, 11) is 0. The van der Waals surface area contributed by atoms with E-state index in [0.29, 0.717) is 0 Å². The second kappa shape index (κ2) is 11.0. The van der Waals surface area contributed by atoms with E-state index < -0.39 is 59.0 Å². The van der Waals surface area contributed by atoms with Crippen LogP contribution in [0.25, 0.3) is 0 Å². The van der Waals surface area contributed by atoms with Crippen molar-refractivity contribution in [1.82, 2.24) is 19.7 Å².